The van der Waals surface area contributed by atoms with Gasteiger partial charge in [-0.1, -0.05) is 30.3 Å². The zero-order valence-corrected chi connectivity index (χ0v) is 11.9. The van der Waals surface area contributed by atoms with E-state index in [4.69, 9.17) is 17.3 Å². The van der Waals surface area contributed by atoms with Crippen LogP contribution in [-0.2, 0) is 6.42 Å². The number of aromatic amines is 1. The van der Waals surface area contributed by atoms with E-state index < -0.39 is 0 Å². The molecule has 0 atom stereocenters. The summed E-state index contributed by atoms with van der Waals surface area (Å²) in [5, 5.41) is 7.83. The third-order valence-corrected chi connectivity index (χ3v) is 3.69. The minimum Gasteiger partial charge on any atom is -0.382 e. The third kappa shape index (κ3) is 2.02. The number of hydrogen-bond donors (Lipinski definition) is 2. The van der Waals surface area contributed by atoms with E-state index in [1.165, 1.54) is 0 Å². The largest absolute Gasteiger partial charge is 0.382 e. The lowest BCUT2D eigenvalue weighted by molar-refractivity contribution is 1.08. The van der Waals surface area contributed by atoms with Crippen LogP contribution in [0.5, 0.6) is 0 Å². The highest BCUT2D eigenvalue weighted by Crippen LogP contribution is 2.31. The molecule has 0 saturated heterocycles. The van der Waals surface area contributed by atoms with Gasteiger partial charge >= 0.3 is 0 Å². The summed E-state index contributed by atoms with van der Waals surface area (Å²) >= 11 is 5.95. The lowest BCUT2D eigenvalue weighted by atomic mass is 9.97. The molecule has 3 rings (SSSR count). The van der Waals surface area contributed by atoms with E-state index in [2.05, 4.69) is 15.2 Å². The molecule has 4 nitrogen and oxygen atoms in total. The second-order valence-corrected chi connectivity index (χ2v) is 5.08. The zero-order valence-electron chi connectivity index (χ0n) is 11.2. The van der Waals surface area contributed by atoms with E-state index in [9.17, 15) is 0 Å². The highest BCUT2D eigenvalue weighted by molar-refractivity contribution is 6.18. The van der Waals surface area contributed by atoms with Crippen LogP contribution < -0.4 is 5.73 Å². The Kier molecular flexibility index (Phi) is 3.32. The number of aromatic nitrogens is 3. The Morgan fingerprint density at radius 2 is 2.00 bits per heavy atom. The van der Waals surface area contributed by atoms with Crippen molar-refractivity contribution in [3.63, 3.8) is 0 Å². The van der Waals surface area contributed by atoms with E-state index in [1.807, 2.05) is 37.3 Å². The molecule has 5 heteroatoms. The Hall–Kier alpha value is -2.07. The molecule has 0 saturated carbocycles. The number of anilines is 1. The van der Waals surface area contributed by atoms with Gasteiger partial charge in [-0.25, -0.2) is 4.98 Å². The molecular weight excluding hydrogens is 272 g/mol. The number of nitrogens with one attached hydrogen (secondary N) is 1. The number of alkyl halides is 1. The Bertz CT molecular complexity index is 749. The first-order chi connectivity index (χ1) is 9.72. The van der Waals surface area contributed by atoms with Crippen molar-refractivity contribution in [3.8, 4) is 11.3 Å². The Balaban J connectivity index is 2.33. The average molecular weight is 287 g/mol. The summed E-state index contributed by atoms with van der Waals surface area (Å²) in [6, 6.07) is 10.1. The van der Waals surface area contributed by atoms with Crippen molar-refractivity contribution >= 4 is 28.5 Å². The molecule has 0 bridgehead atoms. The summed E-state index contributed by atoms with van der Waals surface area (Å²) in [5.41, 5.74) is 10.9. The second-order valence-electron chi connectivity index (χ2n) is 4.70. The van der Waals surface area contributed by atoms with Gasteiger partial charge < -0.3 is 5.73 Å². The van der Waals surface area contributed by atoms with E-state index in [0.717, 1.165) is 39.8 Å². The summed E-state index contributed by atoms with van der Waals surface area (Å²) in [7, 11) is 0. The van der Waals surface area contributed by atoms with Crippen LogP contribution in [0.15, 0.2) is 30.3 Å². The summed E-state index contributed by atoms with van der Waals surface area (Å²) in [5.74, 6) is 1.03. The highest BCUT2D eigenvalue weighted by atomic mass is 35.5. The maximum Gasteiger partial charge on any atom is 0.158 e. The van der Waals surface area contributed by atoms with Gasteiger partial charge in [0.2, 0.25) is 0 Å². The monoisotopic (exact) mass is 286 g/mol. The molecule has 0 unspecified atom stereocenters. The fraction of sp³-hybridized carbons (Fsp3) is 0.200. The Labute approximate surface area is 122 Å². The zero-order chi connectivity index (χ0) is 14.1. The van der Waals surface area contributed by atoms with E-state index in [1.54, 1.807) is 0 Å². The molecule has 0 fully saturated rings. The molecule has 0 aliphatic rings. The summed E-state index contributed by atoms with van der Waals surface area (Å²) in [4.78, 5) is 4.69. The van der Waals surface area contributed by atoms with Crippen LogP contribution in [0.25, 0.3) is 22.3 Å². The molecule has 102 valence electrons. The van der Waals surface area contributed by atoms with Crippen LogP contribution in [-0.4, -0.2) is 21.1 Å². The molecule has 0 amide bonds. The normalized spacial score (nSPS) is 11.1. The van der Waals surface area contributed by atoms with Crippen molar-refractivity contribution in [1.82, 2.24) is 15.2 Å². The number of rotatable bonds is 3. The quantitative estimate of drug-likeness (QED) is 0.726. The van der Waals surface area contributed by atoms with Crippen molar-refractivity contribution in [1.29, 1.82) is 0 Å². The molecule has 20 heavy (non-hydrogen) atoms. The van der Waals surface area contributed by atoms with Crippen molar-refractivity contribution < 1.29 is 0 Å². The van der Waals surface area contributed by atoms with Crippen molar-refractivity contribution in [3.05, 3.63) is 41.5 Å². The smallest absolute Gasteiger partial charge is 0.158 e. The number of H-pyrrole nitrogens is 1. The van der Waals surface area contributed by atoms with Crippen molar-refractivity contribution in [2.75, 3.05) is 11.6 Å². The summed E-state index contributed by atoms with van der Waals surface area (Å²) in [6.07, 6.45) is 0.755. The number of fused-ring (bicyclic) bond motifs is 1. The van der Waals surface area contributed by atoms with Crippen LogP contribution in [0.2, 0.25) is 0 Å². The van der Waals surface area contributed by atoms with Gasteiger partial charge in [0.1, 0.15) is 0 Å². The highest BCUT2D eigenvalue weighted by Gasteiger charge is 2.16. The fourth-order valence-electron chi connectivity index (χ4n) is 2.54. The lowest BCUT2D eigenvalue weighted by Crippen LogP contribution is -2.00. The van der Waals surface area contributed by atoms with Gasteiger partial charge in [0, 0.05) is 11.4 Å². The van der Waals surface area contributed by atoms with Crippen LogP contribution in [0, 0.1) is 6.92 Å². The number of hydrogen-bond acceptors (Lipinski definition) is 3. The molecule has 0 radical (unpaired) electrons. The predicted octanol–water partition coefficient (Wildman–Crippen LogP) is 3.30. The van der Waals surface area contributed by atoms with Gasteiger partial charge in [-0.15, -0.1) is 11.6 Å². The molecule has 0 spiro atoms. The minimum absolute atomic E-state index is 0.487. The minimum atomic E-state index is 0.487. The van der Waals surface area contributed by atoms with Crippen LogP contribution >= 0.6 is 11.6 Å². The second kappa shape index (κ2) is 5.13. The van der Waals surface area contributed by atoms with Gasteiger partial charge in [-0.05, 0) is 24.5 Å². The van der Waals surface area contributed by atoms with Gasteiger partial charge in [-0.3, -0.25) is 5.10 Å². The molecule has 3 aromatic rings. The number of benzene rings is 1. The molecule has 2 heterocycles. The molecule has 1 aromatic carbocycles. The topological polar surface area (TPSA) is 67.6 Å². The van der Waals surface area contributed by atoms with Gasteiger partial charge in [0.15, 0.2) is 11.5 Å². The fourth-order valence-corrected chi connectivity index (χ4v) is 2.73. The molecule has 3 N–H and O–H groups in total. The SMILES string of the molecule is Cc1c(CCCl)c(-c2ccccc2)nc2[nH]nc(N)c12. The first-order valence-electron chi connectivity index (χ1n) is 6.46. The number of nitrogen functional groups attached to an aromatic ring is 1. The molecule has 0 aliphatic heterocycles. The third-order valence-electron chi connectivity index (χ3n) is 3.50. The summed E-state index contributed by atoms with van der Waals surface area (Å²) < 4.78 is 0. The maximum atomic E-state index is 5.95. The van der Waals surface area contributed by atoms with Gasteiger partial charge in [-0.2, -0.15) is 5.10 Å². The Morgan fingerprint density at radius 1 is 1.25 bits per heavy atom. The number of pyridine rings is 1. The maximum absolute atomic E-state index is 5.95. The Morgan fingerprint density at radius 3 is 2.70 bits per heavy atom. The summed E-state index contributed by atoms with van der Waals surface area (Å²) in [6.45, 7) is 2.05. The number of nitrogens with zero attached hydrogens (tertiary/aromatic N) is 2. The van der Waals surface area contributed by atoms with Crippen LogP contribution in [0.3, 0.4) is 0 Å². The van der Waals surface area contributed by atoms with Crippen molar-refractivity contribution in [2.24, 2.45) is 0 Å². The van der Waals surface area contributed by atoms with Crippen LogP contribution in [0.1, 0.15) is 11.1 Å². The van der Waals surface area contributed by atoms with E-state index >= 15 is 0 Å². The van der Waals surface area contributed by atoms with E-state index in [0.29, 0.717) is 11.7 Å². The van der Waals surface area contributed by atoms with Crippen LogP contribution in [0.4, 0.5) is 5.82 Å². The first-order valence-corrected chi connectivity index (χ1v) is 7.00. The first kappa shape index (κ1) is 12.9. The van der Waals surface area contributed by atoms with E-state index in [-0.39, 0.29) is 0 Å². The standard InChI is InChI=1S/C15H15ClN4/c1-9-11(7-8-16)13(10-5-3-2-4-6-10)18-15-12(9)14(17)19-20-15/h2-6H,7-8H2,1H3,(H3,17,18,19,20). The average Bonchev–Trinajstić information content (AvgIpc) is 2.84. The number of halogens is 1. The predicted molar refractivity (Wildman–Crippen MR) is 82.9 cm³/mol. The number of nitrogens with two attached hydrogens (primary N) is 1. The molecule has 2 aromatic heterocycles. The molecular formula is C15H15ClN4. The lowest BCUT2D eigenvalue weighted by Gasteiger charge is -2.12. The molecule has 0 aliphatic carbocycles. The van der Waals surface area contributed by atoms with Crippen molar-refractivity contribution in [2.45, 2.75) is 13.3 Å². The number of aryl methyl sites for hydroxylation is 1. The van der Waals surface area contributed by atoms with Gasteiger partial charge in [0.05, 0.1) is 11.1 Å². The van der Waals surface area contributed by atoms with Gasteiger partial charge in [0.25, 0.3) is 0 Å².